The minimum atomic E-state index is -3.43. The van der Waals surface area contributed by atoms with Crippen LogP contribution in [0.1, 0.15) is 32.6 Å². The van der Waals surface area contributed by atoms with Gasteiger partial charge in [0.25, 0.3) is 0 Å². The van der Waals surface area contributed by atoms with Gasteiger partial charge in [0.1, 0.15) is 4.90 Å². The van der Waals surface area contributed by atoms with E-state index in [0.29, 0.717) is 12.5 Å². The summed E-state index contributed by atoms with van der Waals surface area (Å²) >= 11 is 0. The number of rotatable bonds is 7. The number of nitrogens with zero attached hydrogens (tertiary/aromatic N) is 2. The maximum Gasteiger partial charge on any atom is 0.243 e. The molecule has 1 unspecified atom stereocenters. The van der Waals surface area contributed by atoms with Crippen LogP contribution in [0.4, 0.5) is 0 Å². The topological polar surface area (TPSA) is 73.2 Å². The van der Waals surface area contributed by atoms with Crippen molar-refractivity contribution < 1.29 is 13.2 Å². The molecule has 114 valence electrons. The minimum Gasteiger partial charge on any atom is -0.381 e. The highest BCUT2D eigenvalue weighted by molar-refractivity contribution is 7.89. The van der Waals surface area contributed by atoms with Crippen molar-refractivity contribution in [2.45, 2.75) is 44.0 Å². The van der Waals surface area contributed by atoms with Crippen molar-refractivity contribution in [2.75, 3.05) is 19.8 Å². The van der Waals surface area contributed by atoms with Crippen LogP contribution in [0.2, 0.25) is 0 Å². The first-order valence-corrected chi connectivity index (χ1v) is 8.70. The molecular weight excluding hydrogens is 278 g/mol. The first-order valence-electron chi connectivity index (χ1n) is 7.21. The molecule has 1 aliphatic heterocycles. The molecule has 0 spiro atoms. The predicted octanol–water partition coefficient (Wildman–Crippen LogP) is 1.39. The molecule has 1 N–H and O–H groups in total. The monoisotopic (exact) mass is 301 g/mol. The van der Waals surface area contributed by atoms with Crippen molar-refractivity contribution in [1.82, 2.24) is 14.5 Å². The van der Waals surface area contributed by atoms with Crippen molar-refractivity contribution in [3.8, 4) is 0 Å². The molecule has 7 heteroatoms. The van der Waals surface area contributed by atoms with Gasteiger partial charge in [0, 0.05) is 32.5 Å². The summed E-state index contributed by atoms with van der Waals surface area (Å²) in [5.41, 5.74) is 0. The van der Waals surface area contributed by atoms with Crippen LogP contribution in [0.3, 0.4) is 0 Å². The highest BCUT2D eigenvalue weighted by Crippen LogP contribution is 2.16. The molecule has 2 heterocycles. The Bertz CT molecular complexity index is 507. The lowest BCUT2D eigenvalue weighted by molar-refractivity contribution is 0.0523. The van der Waals surface area contributed by atoms with E-state index in [-0.39, 0.29) is 4.90 Å². The zero-order valence-corrected chi connectivity index (χ0v) is 12.7. The van der Waals surface area contributed by atoms with Gasteiger partial charge in [-0.1, -0.05) is 6.92 Å². The summed E-state index contributed by atoms with van der Waals surface area (Å²) in [7, 11) is -3.43. The third-order valence-electron chi connectivity index (χ3n) is 3.47. The number of aromatic nitrogens is 2. The van der Waals surface area contributed by atoms with Gasteiger partial charge in [-0.3, -0.25) is 4.68 Å². The standard InChI is InChI=1S/C13H23N3O3S/c1-2-7-16-10-13(9-14-16)20(17,18)15-6-5-12-4-3-8-19-11-12/h9-10,12,15H,2-8,11H2,1H3. The van der Waals surface area contributed by atoms with Crippen LogP contribution < -0.4 is 4.72 Å². The average Bonchev–Trinajstić information content (AvgIpc) is 2.90. The fourth-order valence-electron chi connectivity index (χ4n) is 2.35. The summed E-state index contributed by atoms with van der Waals surface area (Å²) in [6, 6.07) is 0. The van der Waals surface area contributed by atoms with Gasteiger partial charge in [-0.25, -0.2) is 13.1 Å². The lowest BCUT2D eigenvalue weighted by atomic mass is 9.99. The summed E-state index contributed by atoms with van der Waals surface area (Å²) in [5, 5.41) is 4.05. The largest absolute Gasteiger partial charge is 0.381 e. The second kappa shape index (κ2) is 7.19. The zero-order chi connectivity index (χ0) is 14.4. The number of hydrogen-bond acceptors (Lipinski definition) is 4. The maximum absolute atomic E-state index is 12.1. The van der Waals surface area contributed by atoms with Crippen molar-refractivity contribution in [1.29, 1.82) is 0 Å². The number of nitrogens with one attached hydrogen (secondary N) is 1. The first kappa shape index (κ1) is 15.5. The summed E-state index contributed by atoms with van der Waals surface area (Å²) in [6.45, 7) is 4.79. The second-order valence-electron chi connectivity index (χ2n) is 5.21. The molecule has 1 atom stereocenters. The van der Waals surface area contributed by atoms with E-state index < -0.39 is 10.0 Å². The molecule has 0 aromatic carbocycles. The maximum atomic E-state index is 12.1. The molecule has 1 saturated heterocycles. The zero-order valence-electron chi connectivity index (χ0n) is 11.9. The number of hydrogen-bond donors (Lipinski definition) is 1. The number of ether oxygens (including phenoxy) is 1. The van der Waals surface area contributed by atoms with E-state index in [2.05, 4.69) is 9.82 Å². The Morgan fingerprint density at radius 1 is 1.55 bits per heavy atom. The van der Waals surface area contributed by atoms with E-state index in [0.717, 1.165) is 45.4 Å². The molecular formula is C13H23N3O3S. The summed E-state index contributed by atoms with van der Waals surface area (Å²) < 4.78 is 33.9. The molecule has 20 heavy (non-hydrogen) atoms. The Morgan fingerprint density at radius 3 is 3.10 bits per heavy atom. The molecule has 0 aliphatic carbocycles. The SMILES string of the molecule is CCCn1cc(S(=O)(=O)NCCC2CCCOC2)cn1. The van der Waals surface area contributed by atoms with Crippen LogP contribution in [0, 0.1) is 5.92 Å². The second-order valence-corrected chi connectivity index (χ2v) is 6.98. The van der Waals surface area contributed by atoms with Crippen LogP contribution in [-0.2, 0) is 21.3 Å². The quantitative estimate of drug-likeness (QED) is 0.826. The molecule has 0 bridgehead atoms. The Balaban J connectivity index is 1.83. The average molecular weight is 301 g/mol. The highest BCUT2D eigenvalue weighted by Gasteiger charge is 2.18. The van der Waals surface area contributed by atoms with Crippen molar-refractivity contribution in [2.24, 2.45) is 5.92 Å². The van der Waals surface area contributed by atoms with Gasteiger partial charge in [0.2, 0.25) is 10.0 Å². The van der Waals surface area contributed by atoms with Crippen molar-refractivity contribution in [3.63, 3.8) is 0 Å². The van der Waals surface area contributed by atoms with Gasteiger partial charge < -0.3 is 4.74 Å². The van der Waals surface area contributed by atoms with E-state index >= 15 is 0 Å². The normalized spacial score (nSPS) is 20.1. The fraction of sp³-hybridized carbons (Fsp3) is 0.769. The van der Waals surface area contributed by atoms with E-state index in [1.165, 1.54) is 6.20 Å². The lowest BCUT2D eigenvalue weighted by Crippen LogP contribution is -2.28. The molecule has 1 aromatic rings. The molecule has 6 nitrogen and oxygen atoms in total. The van der Waals surface area contributed by atoms with Crippen LogP contribution in [0.25, 0.3) is 0 Å². The third kappa shape index (κ3) is 4.29. The summed E-state index contributed by atoms with van der Waals surface area (Å²) in [4.78, 5) is 0.242. The van der Waals surface area contributed by atoms with Crippen LogP contribution in [0.15, 0.2) is 17.3 Å². The smallest absolute Gasteiger partial charge is 0.243 e. The molecule has 1 fully saturated rings. The van der Waals surface area contributed by atoms with Gasteiger partial charge in [0.15, 0.2) is 0 Å². The molecule has 0 saturated carbocycles. The van der Waals surface area contributed by atoms with Crippen molar-refractivity contribution in [3.05, 3.63) is 12.4 Å². The Hall–Kier alpha value is -0.920. The lowest BCUT2D eigenvalue weighted by Gasteiger charge is -2.21. The van der Waals surface area contributed by atoms with Gasteiger partial charge in [-0.2, -0.15) is 5.10 Å². The van der Waals surface area contributed by atoms with Gasteiger partial charge in [0.05, 0.1) is 6.20 Å². The van der Waals surface area contributed by atoms with Crippen LogP contribution >= 0.6 is 0 Å². The number of aryl methyl sites for hydroxylation is 1. The summed E-state index contributed by atoms with van der Waals surface area (Å²) in [5.74, 6) is 0.467. The van der Waals surface area contributed by atoms with Crippen LogP contribution in [-0.4, -0.2) is 38.0 Å². The predicted molar refractivity (Wildman–Crippen MR) is 75.9 cm³/mol. The fourth-order valence-corrected chi connectivity index (χ4v) is 3.35. The molecule has 0 amide bonds. The van der Waals surface area contributed by atoms with E-state index in [1.807, 2.05) is 6.92 Å². The molecule has 2 rings (SSSR count). The van der Waals surface area contributed by atoms with Gasteiger partial charge in [-0.15, -0.1) is 0 Å². The van der Waals surface area contributed by atoms with E-state index in [4.69, 9.17) is 4.74 Å². The van der Waals surface area contributed by atoms with E-state index in [9.17, 15) is 8.42 Å². The molecule has 1 aliphatic rings. The van der Waals surface area contributed by atoms with Gasteiger partial charge >= 0.3 is 0 Å². The minimum absolute atomic E-state index is 0.242. The molecule has 0 radical (unpaired) electrons. The van der Waals surface area contributed by atoms with E-state index in [1.54, 1.807) is 10.9 Å². The Morgan fingerprint density at radius 2 is 2.40 bits per heavy atom. The van der Waals surface area contributed by atoms with Crippen molar-refractivity contribution >= 4 is 10.0 Å². The van der Waals surface area contributed by atoms with Gasteiger partial charge in [-0.05, 0) is 31.6 Å². The molecule has 1 aromatic heterocycles. The van der Waals surface area contributed by atoms with Crippen LogP contribution in [0.5, 0.6) is 0 Å². The Labute approximate surface area is 120 Å². The Kier molecular flexibility index (Phi) is 5.56. The third-order valence-corrected chi connectivity index (χ3v) is 4.89. The number of sulfonamides is 1. The first-order chi connectivity index (χ1) is 9.62. The highest BCUT2D eigenvalue weighted by atomic mass is 32.2. The summed E-state index contributed by atoms with van der Waals surface area (Å²) in [6.07, 6.45) is 6.92.